The Morgan fingerprint density at radius 1 is 0.966 bits per heavy atom. The van der Waals surface area contributed by atoms with Crippen molar-refractivity contribution in [2.75, 3.05) is 25.5 Å². The van der Waals surface area contributed by atoms with Crippen molar-refractivity contribution >= 4 is 11.7 Å². The van der Waals surface area contributed by atoms with Gasteiger partial charge in [0.1, 0.15) is 23.1 Å². The largest absolute Gasteiger partial charge is 0.496 e. The molecule has 0 bridgehead atoms. The standard InChI is InChI=1S/C23H26N4O2/c1-17-26-20(16-22(27-17)24-14-12-18-8-4-3-5-9-18)23(28)25-15-13-19-10-6-7-11-21(19)29-2/h3-11,16H,12-15H2,1-2H3,(H,25,28)(H,24,26,27). The molecule has 0 aliphatic carbocycles. The Morgan fingerprint density at radius 3 is 2.52 bits per heavy atom. The first-order valence-corrected chi connectivity index (χ1v) is 9.69. The zero-order chi connectivity index (χ0) is 20.5. The van der Waals surface area contributed by atoms with Gasteiger partial charge in [-0.15, -0.1) is 0 Å². The summed E-state index contributed by atoms with van der Waals surface area (Å²) in [4.78, 5) is 21.2. The molecule has 0 aliphatic rings. The molecule has 0 saturated carbocycles. The summed E-state index contributed by atoms with van der Waals surface area (Å²) in [5.74, 6) is 1.83. The molecule has 0 saturated heterocycles. The smallest absolute Gasteiger partial charge is 0.270 e. The van der Waals surface area contributed by atoms with Crippen molar-refractivity contribution in [1.29, 1.82) is 0 Å². The third kappa shape index (κ3) is 6.04. The van der Waals surface area contributed by atoms with E-state index in [0.29, 0.717) is 30.3 Å². The van der Waals surface area contributed by atoms with Crippen molar-refractivity contribution in [3.05, 3.63) is 83.3 Å². The van der Waals surface area contributed by atoms with Crippen LogP contribution in [0.4, 0.5) is 5.82 Å². The van der Waals surface area contributed by atoms with Crippen LogP contribution in [0.5, 0.6) is 5.75 Å². The Bertz CT molecular complexity index is 945. The van der Waals surface area contributed by atoms with Crippen molar-refractivity contribution < 1.29 is 9.53 Å². The van der Waals surface area contributed by atoms with Gasteiger partial charge in [-0.05, 0) is 37.0 Å². The first-order chi connectivity index (χ1) is 14.2. The number of carbonyl (C=O) groups excluding carboxylic acids is 1. The lowest BCUT2D eigenvalue weighted by Gasteiger charge is -2.10. The van der Waals surface area contributed by atoms with Gasteiger partial charge in [0, 0.05) is 19.2 Å². The second-order valence-corrected chi connectivity index (χ2v) is 6.67. The van der Waals surface area contributed by atoms with E-state index in [1.54, 1.807) is 20.1 Å². The van der Waals surface area contributed by atoms with E-state index in [0.717, 1.165) is 24.3 Å². The normalized spacial score (nSPS) is 10.4. The average Bonchev–Trinajstić information content (AvgIpc) is 2.74. The van der Waals surface area contributed by atoms with E-state index in [1.807, 2.05) is 42.5 Å². The fourth-order valence-electron chi connectivity index (χ4n) is 3.06. The lowest BCUT2D eigenvalue weighted by atomic mass is 10.1. The molecule has 0 atom stereocenters. The topological polar surface area (TPSA) is 76.1 Å². The number of hydrogen-bond acceptors (Lipinski definition) is 5. The monoisotopic (exact) mass is 390 g/mol. The number of nitrogens with zero attached hydrogens (tertiary/aromatic N) is 2. The maximum Gasteiger partial charge on any atom is 0.270 e. The Morgan fingerprint density at radius 2 is 1.72 bits per heavy atom. The van der Waals surface area contributed by atoms with E-state index in [4.69, 9.17) is 4.74 Å². The first-order valence-electron chi connectivity index (χ1n) is 9.69. The van der Waals surface area contributed by atoms with Crippen molar-refractivity contribution in [2.24, 2.45) is 0 Å². The molecule has 6 heteroatoms. The van der Waals surface area contributed by atoms with Gasteiger partial charge >= 0.3 is 0 Å². The summed E-state index contributed by atoms with van der Waals surface area (Å²) < 4.78 is 5.35. The molecule has 0 radical (unpaired) electrons. The van der Waals surface area contributed by atoms with Gasteiger partial charge in [0.05, 0.1) is 7.11 Å². The number of anilines is 1. The molecule has 3 rings (SSSR count). The molecular formula is C23H26N4O2. The van der Waals surface area contributed by atoms with Crippen molar-refractivity contribution in [2.45, 2.75) is 19.8 Å². The van der Waals surface area contributed by atoms with E-state index in [9.17, 15) is 4.79 Å². The number of methoxy groups -OCH3 is 1. The minimum Gasteiger partial charge on any atom is -0.496 e. The summed E-state index contributed by atoms with van der Waals surface area (Å²) in [6.45, 7) is 3.02. The molecule has 0 unspecified atom stereocenters. The summed E-state index contributed by atoms with van der Waals surface area (Å²) in [6.07, 6.45) is 1.56. The van der Waals surface area contributed by atoms with E-state index in [-0.39, 0.29) is 5.91 Å². The minimum absolute atomic E-state index is 0.212. The van der Waals surface area contributed by atoms with Gasteiger partial charge in [-0.3, -0.25) is 4.79 Å². The maximum atomic E-state index is 12.5. The summed E-state index contributed by atoms with van der Waals surface area (Å²) >= 11 is 0. The number of aryl methyl sites for hydroxylation is 1. The van der Waals surface area contributed by atoms with Gasteiger partial charge in [0.15, 0.2) is 0 Å². The molecular weight excluding hydrogens is 364 g/mol. The summed E-state index contributed by atoms with van der Waals surface area (Å²) in [7, 11) is 1.65. The summed E-state index contributed by atoms with van der Waals surface area (Å²) in [5, 5.41) is 6.20. The Kier molecular flexibility index (Phi) is 7.16. The van der Waals surface area contributed by atoms with Crippen LogP contribution in [-0.2, 0) is 12.8 Å². The zero-order valence-electron chi connectivity index (χ0n) is 16.8. The van der Waals surface area contributed by atoms with Crippen LogP contribution in [0.3, 0.4) is 0 Å². The Balaban J connectivity index is 1.54. The van der Waals surface area contributed by atoms with Crippen LogP contribution < -0.4 is 15.4 Å². The molecule has 2 aromatic carbocycles. The lowest BCUT2D eigenvalue weighted by Crippen LogP contribution is -2.27. The number of benzene rings is 2. The van der Waals surface area contributed by atoms with Gasteiger partial charge in [0.2, 0.25) is 0 Å². The Labute approximate surface area is 171 Å². The number of para-hydroxylation sites is 1. The predicted molar refractivity (Wildman–Crippen MR) is 114 cm³/mol. The van der Waals surface area contributed by atoms with Gasteiger partial charge in [0.25, 0.3) is 5.91 Å². The summed E-state index contributed by atoms with van der Waals surface area (Å²) in [5.41, 5.74) is 2.66. The molecule has 1 aromatic heterocycles. The number of amides is 1. The fourth-order valence-corrected chi connectivity index (χ4v) is 3.06. The minimum atomic E-state index is -0.212. The average molecular weight is 390 g/mol. The lowest BCUT2D eigenvalue weighted by molar-refractivity contribution is 0.0948. The van der Waals surface area contributed by atoms with Gasteiger partial charge in [-0.1, -0.05) is 48.5 Å². The van der Waals surface area contributed by atoms with Crippen molar-refractivity contribution in [3.63, 3.8) is 0 Å². The fraction of sp³-hybridized carbons (Fsp3) is 0.261. The van der Waals surface area contributed by atoms with Crippen LogP contribution in [-0.4, -0.2) is 36.1 Å². The van der Waals surface area contributed by atoms with Crippen molar-refractivity contribution in [1.82, 2.24) is 15.3 Å². The first kappa shape index (κ1) is 20.3. The van der Waals surface area contributed by atoms with Gasteiger partial charge in [-0.2, -0.15) is 0 Å². The maximum absolute atomic E-state index is 12.5. The van der Waals surface area contributed by atoms with Crippen LogP contribution in [0.2, 0.25) is 0 Å². The number of aromatic nitrogens is 2. The number of hydrogen-bond donors (Lipinski definition) is 2. The van der Waals surface area contributed by atoms with Crippen LogP contribution in [0, 0.1) is 6.92 Å². The number of carbonyl (C=O) groups is 1. The van der Waals surface area contributed by atoms with Gasteiger partial charge in [-0.25, -0.2) is 9.97 Å². The molecule has 2 N–H and O–H groups in total. The molecule has 1 amide bonds. The summed E-state index contributed by atoms with van der Waals surface area (Å²) in [6, 6.07) is 19.7. The highest BCUT2D eigenvalue weighted by molar-refractivity contribution is 5.92. The molecule has 3 aromatic rings. The van der Waals surface area contributed by atoms with E-state index in [2.05, 4.69) is 32.7 Å². The zero-order valence-corrected chi connectivity index (χ0v) is 16.8. The predicted octanol–water partition coefficient (Wildman–Crippen LogP) is 3.42. The second kappa shape index (κ2) is 10.2. The highest BCUT2D eigenvalue weighted by Crippen LogP contribution is 2.17. The number of rotatable bonds is 9. The molecule has 0 fully saturated rings. The molecule has 150 valence electrons. The van der Waals surface area contributed by atoms with Crippen LogP contribution in [0.1, 0.15) is 27.4 Å². The quantitative estimate of drug-likeness (QED) is 0.585. The Hall–Kier alpha value is -3.41. The highest BCUT2D eigenvalue weighted by atomic mass is 16.5. The van der Waals surface area contributed by atoms with Crippen LogP contribution >= 0.6 is 0 Å². The van der Waals surface area contributed by atoms with E-state index < -0.39 is 0 Å². The van der Waals surface area contributed by atoms with E-state index in [1.165, 1.54) is 5.56 Å². The number of nitrogens with one attached hydrogen (secondary N) is 2. The SMILES string of the molecule is COc1ccccc1CCNC(=O)c1cc(NCCc2ccccc2)nc(C)n1. The molecule has 1 heterocycles. The second-order valence-electron chi connectivity index (χ2n) is 6.67. The third-order valence-electron chi connectivity index (χ3n) is 4.51. The van der Waals surface area contributed by atoms with E-state index >= 15 is 0 Å². The van der Waals surface area contributed by atoms with Crippen molar-refractivity contribution in [3.8, 4) is 5.75 Å². The number of ether oxygens (including phenoxy) is 1. The van der Waals surface area contributed by atoms with Crippen LogP contribution in [0.25, 0.3) is 0 Å². The molecule has 6 nitrogen and oxygen atoms in total. The van der Waals surface area contributed by atoms with Gasteiger partial charge < -0.3 is 15.4 Å². The molecule has 0 spiro atoms. The van der Waals surface area contributed by atoms with Crippen LogP contribution in [0.15, 0.2) is 60.7 Å². The highest BCUT2D eigenvalue weighted by Gasteiger charge is 2.11. The molecule has 0 aliphatic heterocycles. The molecule has 29 heavy (non-hydrogen) atoms. The third-order valence-corrected chi connectivity index (χ3v) is 4.51.